The van der Waals surface area contributed by atoms with Crippen LogP contribution in [-0.4, -0.2) is 213 Å². The summed E-state index contributed by atoms with van der Waals surface area (Å²) in [7, 11) is 3.37. The van der Waals surface area contributed by atoms with Gasteiger partial charge in [-0.15, -0.1) is 5.53 Å². The van der Waals surface area contributed by atoms with Gasteiger partial charge in [0.05, 0.1) is 46.4 Å². The second-order valence-corrected chi connectivity index (χ2v) is 25.3. The number of likely N-dealkylation sites (N-methyl/N-ethyl adjacent to an activating group) is 2. The smallest absolute Gasteiger partial charge is 0.403 e. The van der Waals surface area contributed by atoms with Crippen LogP contribution in [-0.2, 0) is 52.5 Å². The Bertz CT molecular complexity index is 2260. The minimum Gasteiger partial charge on any atom is -0.459 e. The number of alkyl halides is 4. The van der Waals surface area contributed by atoms with Crippen molar-refractivity contribution in [1.82, 2.24) is 25.8 Å². The van der Waals surface area contributed by atoms with Crippen LogP contribution in [0.3, 0.4) is 0 Å². The van der Waals surface area contributed by atoms with Crippen molar-refractivity contribution in [1.29, 1.82) is 0 Å². The number of carbonyl (C=O) groups excluding carboxylic acids is 1. The van der Waals surface area contributed by atoms with E-state index in [9.17, 15) is 51.2 Å². The highest BCUT2D eigenvalue weighted by Crippen LogP contribution is 2.41. The molecule has 0 amide bonds. The lowest BCUT2D eigenvalue weighted by Gasteiger charge is -2.49. The fraction of sp³-hybridized carbons (Fsp3) is 0.833. The van der Waals surface area contributed by atoms with Gasteiger partial charge >= 0.3 is 12.1 Å². The third-order valence-electron chi connectivity index (χ3n) is 16.7. The molecule has 4 aliphatic rings. The summed E-state index contributed by atoms with van der Waals surface area (Å²) in [6.45, 7) is 17.5. The van der Waals surface area contributed by atoms with Gasteiger partial charge in [-0.05, 0) is 105 Å². The molecule has 0 radical (unpaired) electrons. The van der Waals surface area contributed by atoms with Gasteiger partial charge in [-0.1, -0.05) is 32.9 Å². The average molecular weight is 1160 g/mol. The molecule has 20 atom stereocenters. The molecule has 20 nitrogen and oxygen atoms in total. The number of hydrogen-bond donors (Lipinski definition) is 6. The quantitative estimate of drug-likeness (QED) is 0.0874. The molecule has 1 aromatic carbocycles. The van der Waals surface area contributed by atoms with Crippen molar-refractivity contribution in [3.63, 3.8) is 0 Å². The summed E-state index contributed by atoms with van der Waals surface area (Å²) in [6.07, 6.45) is -13.1. The Morgan fingerprint density at radius 1 is 0.962 bits per heavy atom. The number of esters is 1. The number of nitrogens with zero attached hydrogens (tertiary/aromatic N) is 3. The molecule has 1 aromatic rings. The molecule has 456 valence electrons. The monoisotopic (exact) mass is 1160 g/mol. The molecule has 5 rings (SSSR count). The zero-order chi connectivity index (χ0) is 59.3. The van der Waals surface area contributed by atoms with Gasteiger partial charge < -0.3 is 73.5 Å². The maximum absolute atomic E-state index is 14.9. The molecule has 0 spiro atoms. The average Bonchev–Trinajstić information content (AvgIpc) is 3.87. The number of hydrogen-bond acceptors (Lipinski definition) is 20. The van der Waals surface area contributed by atoms with Crippen LogP contribution >= 0.6 is 0 Å². The summed E-state index contributed by atoms with van der Waals surface area (Å²) in [6, 6.07) is 2.70. The molecule has 0 saturated carbocycles. The minimum absolute atomic E-state index is 0.0646. The number of aliphatic hydroxyl groups is 4. The van der Waals surface area contributed by atoms with E-state index in [1.54, 1.807) is 54.7 Å². The van der Waals surface area contributed by atoms with Crippen LogP contribution in [0.15, 0.2) is 41.1 Å². The van der Waals surface area contributed by atoms with Crippen LogP contribution < -0.4 is 11.0 Å². The Hall–Kier alpha value is -2.86. The zero-order valence-corrected chi connectivity index (χ0v) is 49.4. The van der Waals surface area contributed by atoms with E-state index >= 15 is 0 Å². The van der Waals surface area contributed by atoms with E-state index in [1.807, 2.05) is 44.7 Å². The van der Waals surface area contributed by atoms with E-state index in [-0.39, 0.29) is 31.2 Å². The lowest BCUT2D eigenvalue weighted by atomic mass is 9.77. The molecular formula is C54H91F4N5O15S. The first-order valence-corrected chi connectivity index (χ1v) is 28.9. The maximum Gasteiger partial charge on any atom is 0.403 e. The molecule has 0 unspecified atom stereocenters. The number of carbonyl (C=O) groups is 1. The van der Waals surface area contributed by atoms with E-state index < -0.39 is 148 Å². The Morgan fingerprint density at radius 3 is 2.18 bits per heavy atom. The highest BCUT2D eigenvalue weighted by molar-refractivity contribution is 7.91. The highest BCUT2D eigenvalue weighted by Gasteiger charge is 2.53. The number of sulfone groups is 1. The van der Waals surface area contributed by atoms with Gasteiger partial charge in [0, 0.05) is 77.2 Å². The Labute approximate surface area is 464 Å². The predicted molar refractivity (Wildman–Crippen MR) is 283 cm³/mol. The van der Waals surface area contributed by atoms with Gasteiger partial charge in [-0.25, -0.2) is 12.8 Å². The lowest BCUT2D eigenvalue weighted by Crippen LogP contribution is -2.61. The van der Waals surface area contributed by atoms with Crippen LogP contribution in [0.5, 0.6) is 0 Å². The molecule has 4 heterocycles. The van der Waals surface area contributed by atoms with Gasteiger partial charge in [-0.2, -0.15) is 13.2 Å². The highest BCUT2D eigenvalue weighted by atomic mass is 32.2. The molecule has 0 aromatic heterocycles. The number of methoxy groups -OCH3 is 3. The number of nitrogens with one attached hydrogen (secondary N) is 2. The number of aliphatic hydroxyl groups excluding tert-OH is 2. The summed E-state index contributed by atoms with van der Waals surface area (Å²) in [5, 5.41) is 50.0. The number of halogens is 4. The second-order valence-electron chi connectivity index (χ2n) is 23.3. The van der Waals surface area contributed by atoms with Gasteiger partial charge in [0.25, 0.3) is 0 Å². The summed E-state index contributed by atoms with van der Waals surface area (Å²) >= 11 is 0. The maximum atomic E-state index is 14.9. The van der Waals surface area contributed by atoms with E-state index in [0.717, 1.165) is 12.1 Å². The predicted octanol–water partition coefficient (Wildman–Crippen LogP) is 4.54. The largest absolute Gasteiger partial charge is 0.459 e. The summed E-state index contributed by atoms with van der Waals surface area (Å²) < 4.78 is 129. The number of rotatable bonds is 18. The Morgan fingerprint density at radius 2 is 1.61 bits per heavy atom. The van der Waals surface area contributed by atoms with E-state index in [0.29, 0.717) is 37.2 Å². The zero-order valence-electron chi connectivity index (χ0n) is 48.6. The molecule has 6 N–H and O–H groups in total. The first kappa shape index (κ1) is 66.9. The SMILES string of the molecule is CC[C@H]1OC(=O)[C@H](C)[C@@H](O[C@H]2C[C@@](C)(OC)[C@@H](O)[C@H](C)O2)[C@H](C)[C@@H](O[C@@H]2O[C@H](C)C[C@H](N(C)CCC3=CN([C@H](CF)[C@H](OC)c4ccc(S(=O)(=O)CC(F)(F)F)cc4)NN3)[C@H]2O)[C@](C)(O)C[C@@H](C)CN(C)[C@H](C)[C@@H](OC)[C@]1(C)O. The number of ether oxygens (including phenoxy) is 8. The third-order valence-corrected chi connectivity index (χ3v) is 18.4. The standard InChI is InChI=1S/C54H91F4N5O15S/c1-16-41-53(10,68)48(72-14)34(6)62(12)27-30(2)24-51(8,67)47(32(4)44(33(5)49(66)76-41)77-42-25-52(9,73-15)46(65)35(7)75-42)78-50-43(64)39(23-31(3)74-50)61(11)22-21-37-28-63(60-59-37)40(26-55)45(71-13)36-17-19-38(20-18-36)79(69,70)29-54(56,57)58/h17-20,28,30-35,39-48,50,59-60,64-65,67-68H,16,21-27,29H2,1-15H3/t30-,31-,32+,33-,34-,35+,39+,40-,41-,42+,43-,44+,45-,46+,47-,48-,50+,51-,52-,53-/m1/s1. The number of hydrazine groups is 2. The molecule has 4 aliphatic heterocycles. The molecule has 3 fully saturated rings. The molecule has 25 heteroatoms. The molecule has 79 heavy (non-hydrogen) atoms. The lowest BCUT2D eigenvalue weighted by molar-refractivity contribution is -0.318. The van der Waals surface area contributed by atoms with Crippen LogP contribution in [0.25, 0.3) is 0 Å². The number of cyclic esters (lactones) is 1. The molecule has 0 bridgehead atoms. The number of benzene rings is 1. The summed E-state index contributed by atoms with van der Waals surface area (Å²) in [5.74, 6) is -4.89. The fourth-order valence-corrected chi connectivity index (χ4v) is 13.3. The topological polar surface area (TPSA) is 240 Å². The second kappa shape index (κ2) is 27.2. The van der Waals surface area contributed by atoms with Crippen LogP contribution in [0, 0.1) is 17.8 Å². The van der Waals surface area contributed by atoms with Gasteiger partial charge in [0.2, 0.25) is 0 Å². The first-order valence-electron chi connectivity index (χ1n) is 27.3. The van der Waals surface area contributed by atoms with Gasteiger partial charge in [0.1, 0.15) is 48.8 Å². The van der Waals surface area contributed by atoms with Crippen molar-refractivity contribution >= 4 is 15.8 Å². The molecule has 3 saturated heterocycles. The normalized spacial score (nSPS) is 38.8. The minimum atomic E-state index is -4.93. The van der Waals surface area contributed by atoms with Crippen molar-refractivity contribution in [2.45, 2.75) is 215 Å². The van der Waals surface area contributed by atoms with Gasteiger partial charge in [0.15, 0.2) is 28.2 Å². The van der Waals surface area contributed by atoms with Crippen LogP contribution in [0.2, 0.25) is 0 Å². The molecular weight excluding hydrogens is 1070 g/mol. The van der Waals surface area contributed by atoms with Gasteiger partial charge in [-0.3, -0.25) is 9.80 Å². The molecule has 0 aliphatic carbocycles. The van der Waals surface area contributed by atoms with E-state index in [2.05, 4.69) is 11.0 Å². The van der Waals surface area contributed by atoms with Crippen molar-refractivity contribution in [3.05, 3.63) is 41.7 Å². The van der Waals surface area contributed by atoms with Crippen molar-refractivity contribution in [2.24, 2.45) is 17.8 Å². The van der Waals surface area contributed by atoms with Crippen molar-refractivity contribution in [3.8, 4) is 0 Å². The Kier molecular flexibility index (Phi) is 23.1. The van der Waals surface area contributed by atoms with E-state index in [1.165, 1.54) is 38.5 Å². The Balaban J connectivity index is 1.42. The van der Waals surface area contributed by atoms with E-state index in [4.69, 9.17) is 37.9 Å². The fourth-order valence-electron chi connectivity index (χ4n) is 12.2. The van der Waals surface area contributed by atoms with Crippen LogP contribution in [0.4, 0.5) is 17.6 Å². The summed E-state index contributed by atoms with van der Waals surface area (Å²) in [5.41, 5.74) is 2.48. The third kappa shape index (κ3) is 16.1. The van der Waals surface area contributed by atoms with Crippen LogP contribution in [0.1, 0.15) is 113 Å². The van der Waals surface area contributed by atoms with Crippen molar-refractivity contribution in [2.75, 3.05) is 60.9 Å². The van der Waals surface area contributed by atoms with Crippen molar-refractivity contribution < 1.29 is 89.1 Å². The summed E-state index contributed by atoms with van der Waals surface area (Å²) in [4.78, 5) is 18.1. The first-order chi connectivity index (χ1) is 36.7.